The monoisotopic (exact) mass is 578 g/mol. The number of benzene rings is 2. The third-order valence-corrected chi connectivity index (χ3v) is 7.66. The van der Waals surface area contributed by atoms with Crippen molar-refractivity contribution in [3.63, 3.8) is 0 Å². The Bertz CT molecular complexity index is 1150. The van der Waals surface area contributed by atoms with E-state index in [0.717, 1.165) is 40.6 Å². The van der Waals surface area contributed by atoms with Crippen LogP contribution in [0.4, 0.5) is 4.39 Å². The van der Waals surface area contributed by atoms with E-state index in [0.29, 0.717) is 11.6 Å². The van der Waals surface area contributed by atoms with E-state index in [-0.39, 0.29) is 17.9 Å². The molecule has 0 saturated heterocycles. The number of nitrogens with one attached hydrogen (secondary N) is 1. The molecule has 2 unspecified atom stereocenters. The van der Waals surface area contributed by atoms with Crippen LogP contribution in [0.25, 0.3) is 22.8 Å². The van der Waals surface area contributed by atoms with Gasteiger partial charge in [0.1, 0.15) is 17.5 Å². The van der Waals surface area contributed by atoms with E-state index < -0.39 is 6.23 Å². The van der Waals surface area contributed by atoms with Gasteiger partial charge in [-0.1, -0.05) is 23.9 Å². The number of hydrogen-bond acceptors (Lipinski definition) is 7. The third-order valence-electron chi connectivity index (χ3n) is 5.83. The van der Waals surface area contributed by atoms with Crippen LogP contribution >= 0.6 is 34.4 Å². The number of rotatable bonds is 5. The van der Waals surface area contributed by atoms with Gasteiger partial charge in [0.25, 0.3) is 0 Å². The van der Waals surface area contributed by atoms with Gasteiger partial charge in [-0.3, -0.25) is 4.90 Å². The minimum atomic E-state index is -0.728. The van der Waals surface area contributed by atoms with E-state index in [1.807, 2.05) is 24.3 Å². The van der Waals surface area contributed by atoms with E-state index in [1.54, 1.807) is 28.6 Å². The van der Waals surface area contributed by atoms with Crippen LogP contribution in [0.15, 0.2) is 59.1 Å². The van der Waals surface area contributed by atoms with Crippen LogP contribution in [0.1, 0.15) is 12.8 Å². The first-order valence-corrected chi connectivity index (χ1v) is 12.7. The average Bonchev–Trinajstić information content (AvgIpc) is 3.32. The van der Waals surface area contributed by atoms with Crippen LogP contribution in [-0.4, -0.2) is 49.6 Å². The number of hydrogen-bond donors (Lipinski definition) is 3. The van der Waals surface area contributed by atoms with Crippen LogP contribution in [-0.2, 0) is 6.54 Å². The second-order valence-electron chi connectivity index (χ2n) is 8.06. The minimum absolute atomic E-state index is 0.0698. The second-order valence-corrected chi connectivity index (χ2v) is 10.5. The molecule has 2 aliphatic heterocycles. The fourth-order valence-corrected chi connectivity index (χ4v) is 5.49. The zero-order valence-corrected chi connectivity index (χ0v) is 20.8. The third kappa shape index (κ3) is 5.09. The molecular formula is C23H24FIN6OS. The molecule has 7 nitrogen and oxygen atoms in total. The van der Waals surface area contributed by atoms with Crippen molar-refractivity contribution in [2.75, 3.05) is 13.1 Å². The highest BCUT2D eigenvalue weighted by atomic mass is 127. The van der Waals surface area contributed by atoms with E-state index in [1.165, 1.54) is 22.7 Å². The highest BCUT2D eigenvalue weighted by molar-refractivity contribution is 14.1. The van der Waals surface area contributed by atoms with Gasteiger partial charge in [-0.15, -0.1) is 0 Å². The van der Waals surface area contributed by atoms with Gasteiger partial charge in [0, 0.05) is 44.8 Å². The number of thioether (sulfide) groups is 1. The van der Waals surface area contributed by atoms with Gasteiger partial charge in [-0.25, -0.2) is 14.1 Å². The fourth-order valence-electron chi connectivity index (χ4n) is 4.11. The number of halogens is 2. The summed E-state index contributed by atoms with van der Waals surface area (Å²) in [5.74, 6) is 0.865. The summed E-state index contributed by atoms with van der Waals surface area (Å²) in [4.78, 5) is 8.09. The van der Waals surface area contributed by atoms with Crippen LogP contribution in [0.5, 0.6) is 0 Å². The summed E-state index contributed by atoms with van der Waals surface area (Å²) in [5, 5.41) is 19.1. The van der Waals surface area contributed by atoms with E-state index in [9.17, 15) is 9.50 Å². The predicted octanol–water partition coefficient (Wildman–Crippen LogP) is 3.56. The summed E-state index contributed by atoms with van der Waals surface area (Å²) in [6, 6.07) is 14.2. The molecule has 0 amide bonds. The molecule has 4 N–H and O–H groups in total. The van der Waals surface area contributed by atoms with Gasteiger partial charge in [-0.05, 0) is 65.4 Å². The number of aliphatic hydroxyl groups excluding tert-OH is 1. The van der Waals surface area contributed by atoms with Crippen LogP contribution in [0, 0.1) is 9.39 Å². The van der Waals surface area contributed by atoms with Crippen molar-refractivity contribution in [2.24, 2.45) is 5.73 Å². The van der Waals surface area contributed by atoms with Crippen LogP contribution < -0.4 is 11.1 Å². The van der Waals surface area contributed by atoms with Crippen molar-refractivity contribution >= 4 is 34.4 Å². The quantitative estimate of drug-likeness (QED) is 0.399. The first-order valence-electron chi connectivity index (χ1n) is 10.8. The molecule has 0 fully saturated rings. The number of aromatic nitrogens is 3. The zero-order chi connectivity index (χ0) is 22.9. The van der Waals surface area contributed by atoms with Crippen LogP contribution in [0.2, 0.25) is 0 Å². The van der Waals surface area contributed by atoms with Gasteiger partial charge in [0.05, 0.1) is 6.54 Å². The lowest BCUT2D eigenvalue weighted by atomic mass is 10.2. The highest BCUT2D eigenvalue weighted by Gasteiger charge is 2.28. The molecule has 33 heavy (non-hydrogen) atoms. The molecule has 0 bridgehead atoms. The summed E-state index contributed by atoms with van der Waals surface area (Å²) in [5.41, 5.74) is 8.75. The number of nitrogens with zero attached hydrogens (tertiary/aromatic N) is 4. The normalized spacial score (nSPS) is 19.8. The predicted molar refractivity (Wildman–Crippen MR) is 136 cm³/mol. The Morgan fingerprint density at radius 2 is 1.82 bits per heavy atom. The molecule has 0 radical (unpaired) electrons. The maximum absolute atomic E-state index is 13.5. The largest absolute Gasteiger partial charge is 0.376 e. The van der Waals surface area contributed by atoms with Crippen molar-refractivity contribution < 1.29 is 9.50 Å². The molecule has 3 aromatic rings. The second kappa shape index (κ2) is 9.71. The Labute approximate surface area is 209 Å². The maximum Gasteiger partial charge on any atom is 0.181 e. The smallest absolute Gasteiger partial charge is 0.181 e. The summed E-state index contributed by atoms with van der Waals surface area (Å²) in [6.45, 7) is 1.73. The van der Waals surface area contributed by atoms with Gasteiger partial charge >= 0.3 is 0 Å². The summed E-state index contributed by atoms with van der Waals surface area (Å²) < 4.78 is 16.4. The summed E-state index contributed by atoms with van der Waals surface area (Å²) in [6.07, 6.45) is 0.950. The molecule has 2 aromatic carbocycles. The SMILES string of the molecule is NC1NC2=C(CCN(C(O)Cn3nc(-c4ccc(I)cc4)nc3-c3ccc(F)cc3)CC2)S1. The summed E-state index contributed by atoms with van der Waals surface area (Å²) >= 11 is 3.92. The highest BCUT2D eigenvalue weighted by Crippen LogP contribution is 2.34. The van der Waals surface area contributed by atoms with Gasteiger partial charge in [-0.2, -0.15) is 5.10 Å². The van der Waals surface area contributed by atoms with Crippen molar-refractivity contribution in [2.45, 2.75) is 31.1 Å². The standard InChI is InChI=1S/C23H24FIN6OS/c24-16-5-1-15(2-6-16)22-28-21(14-3-7-17(25)8-4-14)29-31(22)13-20(32)30-11-9-18-19(10-12-30)33-23(26)27-18/h1-8,20,23,27,32H,9-13,26H2. The first kappa shape index (κ1) is 22.8. The lowest BCUT2D eigenvalue weighted by molar-refractivity contribution is -0.00806. The lowest BCUT2D eigenvalue weighted by Gasteiger charge is -2.27. The van der Waals surface area contributed by atoms with Crippen molar-refractivity contribution in [1.82, 2.24) is 25.0 Å². The van der Waals surface area contributed by atoms with Gasteiger partial charge in [0.2, 0.25) is 0 Å². The van der Waals surface area contributed by atoms with Crippen LogP contribution in [0.3, 0.4) is 0 Å². The fraction of sp³-hybridized carbons (Fsp3) is 0.304. The maximum atomic E-state index is 13.5. The molecule has 0 saturated carbocycles. The minimum Gasteiger partial charge on any atom is -0.376 e. The van der Waals surface area contributed by atoms with Gasteiger partial charge < -0.3 is 16.2 Å². The Hall–Kier alpha value is -1.99. The number of aliphatic hydroxyl groups is 1. The lowest BCUT2D eigenvalue weighted by Crippen LogP contribution is -2.40. The summed E-state index contributed by atoms with van der Waals surface area (Å²) in [7, 11) is 0. The van der Waals surface area contributed by atoms with Crippen molar-refractivity contribution in [3.8, 4) is 22.8 Å². The molecule has 3 heterocycles. The molecule has 2 aliphatic rings. The van der Waals surface area contributed by atoms with Gasteiger partial charge in [0.15, 0.2) is 11.6 Å². The van der Waals surface area contributed by atoms with Crippen molar-refractivity contribution in [3.05, 3.63) is 68.5 Å². The average molecular weight is 578 g/mol. The molecule has 5 rings (SSSR count). The molecule has 10 heteroatoms. The Balaban J connectivity index is 1.39. The van der Waals surface area contributed by atoms with Crippen molar-refractivity contribution in [1.29, 1.82) is 0 Å². The Kier molecular flexibility index (Phi) is 6.70. The van der Waals surface area contributed by atoms with E-state index >= 15 is 0 Å². The molecule has 0 spiro atoms. The Morgan fingerprint density at radius 1 is 1.12 bits per heavy atom. The molecule has 0 aliphatic carbocycles. The molecule has 1 aromatic heterocycles. The zero-order valence-electron chi connectivity index (χ0n) is 17.8. The topological polar surface area (TPSA) is 92.2 Å². The Morgan fingerprint density at radius 3 is 2.58 bits per heavy atom. The number of nitrogens with two attached hydrogens (primary N) is 1. The molecular weight excluding hydrogens is 554 g/mol. The first-order chi connectivity index (χ1) is 16.0. The van der Waals surface area contributed by atoms with E-state index in [2.05, 4.69) is 32.8 Å². The molecule has 2 atom stereocenters. The van der Waals surface area contributed by atoms with E-state index in [4.69, 9.17) is 15.8 Å². The molecule has 172 valence electrons.